The zero-order chi connectivity index (χ0) is 10.7. The zero-order valence-corrected chi connectivity index (χ0v) is 8.14. The number of nitrogen functional groups attached to an aromatic ring is 1. The fourth-order valence-electron chi connectivity index (χ4n) is 1.31. The molecule has 1 atom stereocenters. The van der Waals surface area contributed by atoms with Gasteiger partial charge in [0.2, 0.25) is 5.95 Å². The summed E-state index contributed by atoms with van der Waals surface area (Å²) in [4.78, 5) is 18.6. The SMILES string of the molecule is CC(C)C(C(=O)O)c1ccnc(N)n1. The van der Waals surface area contributed by atoms with Crippen LogP contribution in [0.3, 0.4) is 0 Å². The molecule has 0 fully saturated rings. The molecule has 0 amide bonds. The van der Waals surface area contributed by atoms with Crippen molar-refractivity contribution in [3.05, 3.63) is 18.0 Å². The molecule has 0 saturated heterocycles. The average molecular weight is 195 g/mol. The Morgan fingerprint density at radius 2 is 2.21 bits per heavy atom. The van der Waals surface area contributed by atoms with Gasteiger partial charge in [-0.3, -0.25) is 4.79 Å². The average Bonchev–Trinajstić information content (AvgIpc) is 2.02. The number of nitrogens with two attached hydrogens (primary N) is 1. The molecule has 0 bridgehead atoms. The first kappa shape index (κ1) is 10.4. The van der Waals surface area contributed by atoms with Crippen molar-refractivity contribution < 1.29 is 9.90 Å². The second kappa shape index (κ2) is 4.04. The van der Waals surface area contributed by atoms with Crippen LogP contribution in [0.2, 0.25) is 0 Å². The largest absolute Gasteiger partial charge is 0.481 e. The minimum Gasteiger partial charge on any atom is -0.481 e. The second-order valence-corrected chi connectivity index (χ2v) is 3.40. The molecule has 0 aliphatic rings. The molecule has 5 nitrogen and oxygen atoms in total. The molecule has 3 N–H and O–H groups in total. The third-order valence-electron chi connectivity index (χ3n) is 1.95. The third-order valence-corrected chi connectivity index (χ3v) is 1.95. The second-order valence-electron chi connectivity index (χ2n) is 3.40. The van der Waals surface area contributed by atoms with Crippen LogP contribution in [0.1, 0.15) is 25.5 Å². The molecule has 5 heteroatoms. The Kier molecular flexibility index (Phi) is 3.01. The predicted molar refractivity (Wildman–Crippen MR) is 51.7 cm³/mol. The monoisotopic (exact) mass is 195 g/mol. The van der Waals surface area contributed by atoms with Gasteiger partial charge in [-0.05, 0) is 12.0 Å². The number of aliphatic carboxylic acids is 1. The number of nitrogens with zero attached hydrogens (tertiary/aromatic N) is 2. The molecule has 0 aromatic carbocycles. The van der Waals surface area contributed by atoms with Gasteiger partial charge < -0.3 is 10.8 Å². The summed E-state index contributed by atoms with van der Waals surface area (Å²) in [6.07, 6.45) is 1.47. The summed E-state index contributed by atoms with van der Waals surface area (Å²) in [6.45, 7) is 3.66. The van der Waals surface area contributed by atoms with Crippen molar-refractivity contribution in [2.24, 2.45) is 5.92 Å². The summed E-state index contributed by atoms with van der Waals surface area (Å²) in [5.41, 5.74) is 5.84. The summed E-state index contributed by atoms with van der Waals surface area (Å²) >= 11 is 0. The molecule has 0 aliphatic carbocycles. The summed E-state index contributed by atoms with van der Waals surface area (Å²) in [5.74, 6) is -1.44. The molecule has 0 aliphatic heterocycles. The van der Waals surface area contributed by atoms with Crippen LogP contribution in [0, 0.1) is 5.92 Å². The lowest BCUT2D eigenvalue weighted by molar-refractivity contribution is -0.140. The van der Waals surface area contributed by atoms with E-state index in [1.54, 1.807) is 6.07 Å². The van der Waals surface area contributed by atoms with E-state index in [2.05, 4.69) is 9.97 Å². The highest BCUT2D eigenvalue weighted by Gasteiger charge is 2.24. The molecule has 14 heavy (non-hydrogen) atoms. The standard InChI is InChI=1S/C9H13N3O2/c1-5(2)7(8(13)14)6-3-4-11-9(10)12-6/h3-5,7H,1-2H3,(H,13,14)(H2,10,11,12). The Labute approximate surface area is 82.0 Å². The van der Waals surface area contributed by atoms with E-state index >= 15 is 0 Å². The van der Waals surface area contributed by atoms with Crippen molar-refractivity contribution in [2.45, 2.75) is 19.8 Å². The van der Waals surface area contributed by atoms with Gasteiger partial charge in [0, 0.05) is 6.20 Å². The first-order chi connectivity index (χ1) is 6.52. The molecular formula is C9H13N3O2. The maximum atomic E-state index is 11.0. The molecule has 1 rings (SSSR count). The Bertz CT molecular complexity index is 339. The summed E-state index contributed by atoms with van der Waals surface area (Å²) in [6, 6.07) is 1.58. The fourth-order valence-corrected chi connectivity index (χ4v) is 1.31. The van der Waals surface area contributed by atoms with E-state index in [0.717, 1.165) is 0 Å². The van der Waals surface area contributed by atoms with Gasteiger partial charge in [0.25, 0.3) is 0 Å². The van der Waals surface area contributed by atoms with Crippen LogP contribution < -0.4 is 5.73 Å². The maximum Gasteiger partial charge on any atom is 0.312 e. The van der Waals surface area contributed by atoms with E-state index in [-0.39, 0.29) is 11.9 Å². The van der Waals surface area contributed by atoms with Crippen LogP contribution in [-0.2, 0) is 4.79 Å². The molecule has 1 heterocycles. The normalized spacial score (nSPS) is 12.8. The van der Waals surface area contributed by atoms with Crippen molar-refractivity contribution in [3.8, 4) is 0 Å². The zero-order valence-electron chi connectivity index (χ0n) is 8.14. The Balaban J connectivity index is 3.05. The smallest absolute Gasteiger partial charge is 0.312 e. The van der Waals surface area contributed by atoms with Gasteiger partial charge in [-0.25, -0.2) is 9.97 Å². The van der Waals surface area contributed by atoms with E-state index < -0.39 is 11.9 Å². The number of hydrogen-bond acceptors (Lipinski definition) is 4. The van der Waals surface area contributed by atoms with Gasteiger partial charge >= 0.3 is 5.97 Å². The van der Waals surface area contributed by atoms with Gasteiger partial charge in [-0.1, -0.05) is 13.8 Å². The number of anilines is 1. The van der Waals surface area contributed by atoms with Crippen LogP contribution in [0.5, 0.6) is 0 Å². The van der Waals surface area contributed by atoms with Gasteiger partial charge in [0.05, 0.1) is 5.69 Å². The molecule has 1 aromatic heterocycles. The lowest BCUT2D eigenvalue weighted by Gasteiger charge is -2.15. The molecule has 0 spiro atoms. The molecule has 1 unspecified atom stereocenters. The van der Waals surface area contributed by atoms with Crippen LogP contribution in [0.25, 0.3) is 0 Å². The van der Waals surface area contributed by atoms with Gasteiger partial charge in [-0.15, -0.1) is 0 Å². The van der Waals surface area contributed by atoms with E-state index in [1.165, 1.54) is 6.20 Å². The number of hydrogen-bond donors (Lipinski definition) is 2. The van der Waals surface area contributed by atoms with Gasteiger partial charge in [0.1, 0.15) is 5.92 Å². The number of rotatable bonds is 3. The third kappa shape index (κ3) is 2.18. The number of aromatic nitrogens is 2. The molecule has 0 radical (unpaired) electrons. The minimum absolute atomic E-state index is 0.0261. The molecule has 0 saturated carbocycles. The lowest BCUT2D eigenvalue weighted by atomic mass is 9.92. The lowest BCUT2D eigenvalue weighted by Crippen LogP contribution is -2.19. The fraction of sp³-hybridized carbons (Fsp3) is 0.444. The summed E-state index contributed by atoms with van der Waals surface area (Å²) in [5, 5.41) is 8.99. The van der Waals surface area contributed by atoms with Gasteiger partial charge in [-0.2, -0.15) is 0 Å². The molecular weight excluding hydrogens is 182 g/mol. The van der Waals surface area contributed by atoms with Crippen LogP contribution >= 0.6 is 0 Å². The number of carboxylic acid groups (broad SMARTS) is 1. The van der Waals surface area contributed by atoms with Crippen molar-refractivity contribution in [1.29, 1.82) is 0 Å². The van der Waals surface area contributed by atoms with Crippen molar-refractivity contribution in [1.82, 2.24) is 9.97 Å². The van der Waals surface area contributed by atoms with Crippen LogP contribution in [-0.4, -0.2) is 21.0 Å². The van der Waals surface area contributed by atoms with Gasteiger partial charge in [0.15, 0.2) is 0 Å². The predicted octanol–water partition coefficient (Wildman–Crippen LogP) is 0.883. The molecule has 76 valence electrons. The van der Waals surface area contributed by atoms with E-state index in [0.29, 0.717) is 5.69 Å². The summed E-state index contributed by atoms with van der Waals surface area (Å²) < 4.78 is 0. The Morgan fingerprint density at radius 3 is 2.64 bits per heavy atom. The highest BCUT2D eigenvalue weighted by Crippen LogP contribution is 2.22. The van der Waals surface area contributed by atoms with Crippen molar-refractivity contribution in [2.75, 3.05) is 5.73 Å². The minimum atomic E-state index is -0.891. The van der Waals surface area contributed by atoms with E-state index in [1.807, 2.05) is 13.8 Å². The highest BCUT2D eigenvalue weighted by atomic mass is 16.4. The van der Waals surface area contributed by atoms with Crippen molar-refractivity contribution in [3.63, 3.8) is 0 Å². The Morgan fingerprint density at radius 1 is 1.57 bits per heavy atom. The maximum absolute atomic E-state index is 11.0. The first-order valence-corrected chi connectivity index (χ1v) is 4.33. The van der Waals surface area contributed by atoms with E-state index in [9.17, 15) is 4.79 Å². The van der Waals surface area contributed by atoms with Crippen molar-refractivity contribution >= 4 is 11.9 Å². The molecule has 1 aromatic rings. The van der Waals surface area contributed by atoms with Crippen LogP contribution in [0.15, 0.2) is 12.3 Å². The first-order valence-electron chi connectivity index (χ1n) is 4.33. The topological polar surface area (TPSA) is 89.1 Å². The Hall–Kier alpha value is -1.65. The van der Waals surface area contributed by atoms with E-state index in [4.69, 9.17) is 10.8 Å². The number of carboxylic acids is 1. The highest BCUT2D eigenvalue weighted by molar-refractivity contribution is 5.75. The summed E-state index contributed by atoms with van der Waals surface area (Å²) in [7, 11) is 0. The quantitative estimate of drug-likeness (QED) is 0.747. The van der Waals surface area contributed by atoms with Crippen LogP contribution in [0.4, 0.5) is 5.95 Å². The number of carbonyl (C=O) groups is 1.